The van der Waals surface area contributed by atoms with Gasteiger partial charge in [-0.25, -0.2) is 0 Å². The lowest BCUT2D eigenvalue weighted by Gasteiger charge is -2.18. The predicted octanol–water partition coefficient (Wildman–Crippen LogP) is 3.10. The van der Waals surface area contributed by atoms with E-state index in [0.29, 0.717) is 11.7 Å². The third kappa shape index (κ3) is 3.98. The highest BCUT2D eigenvalue weighted by Crippen LogP contribution is 2.40. The standard InChI is InChI=1S/C16H22N2OS/c1-11-3-2-4-14(17-11)16(13-7-8-13)18-15(19)10-20-9-12-5-6-12/h2-4,12-13,16H,5-10H2,1H3,(H,18,19)/t16-/m0/s1. The summed E-state index contributed by atoms with van der Waals surface area (Å²) in [5.74, 6) is 3.36. The Kier molecular flexibility index (Phi) is 4.29. The summed E-state index contributed by atoms with van der Waals surface area (Å²) in [6, 6.07) is 6.18. The summed E-state index contributed by atoms with van der Waals surface area (Å²) in [4.78, 5) is 16.7. The zero-order valence-corrected chi connectivity index (χ0v) is 12.8. The van der Waals surface area contributed by atoms with Gasteiger partial charge >= 0.3 is 0 Å². The predicted molar refractivity (Wildman–Crippen MR) is 82.6 cm³/mol. The fraction of sp³-hybridized carbons (Fsp3) is 0.625. The molecule has 3 rings (SSSR count). The van der Waals surface area contributed by atoms with Crippen molar-refractivity contribution in [2.75, 3.05) is 11.5 Å². The second kappa shape index (κ2) is 6.17. The van der Waals surface area contributed by atoms with Gasteiger partial charge in [0, 0.05) is 5.69 Å². The molecule has 1 atom stereocenters. The summed E-state index contributed by atoms with van der Waals surface area (Å²) in [5.41, 5.74) is 2.04. The molecule has 2 saturated carbocycles. The van der Waals surface area contributed by atoms with Gasteiger partial charge in [0.2, 0.25) is 5.91 Å². The van der Waals surface area contributed by atoms with Crippen LogP contribution in [0, 0.1) is 18.8 Å². The molecule has 4 heteroatoms. The molecule has 1 amide bonds. The van der Waals surface area contributed by atoms with E-state index in [4.69, 9.17) is 0 Å². The van der Waals surface area contributed by atoms with Crippen LogP contribution in [-0.2, 0) is 4.79 Å². The van der Waals surface area contributed by atoms with Crippen LogP contribution in [0.15, 0.2) is 18.2 Å². The van der Waals surface area contributed by atoms with Gasteiger partial charge in [0.1, 0.15) is 0 Å². The molecule has 1 aromatic heterocycles. The summed E-state index contributed by atoms with van der Waals surface area (Å²) in [5, 5.41) is 3.19. The number of thioether (sulfide) groups is 1. The second-order valence-corrected chi connectivity index (χ2v) is 7.08. The summed E-state index contributed by atoms with van der Waals surface area (Å²) >= 11 is 1.77. The molecule has 2 aliphatic carbocycles. The Morgan fingerprint density at radius 1 is 1.40 bits per heavy atom. The Morgan fingerprint density at radius 2 is 2.20 bits per heavy atom. The maximum Gasteiger partial charge on any atom is 0.230 e. The minimum atomic E-state index is 0.115. The lowest BCUT2D eigenvalue weighted by molar-refractivity contribution is -0.119. The third-order valence-corrected chi connectivity index (χ3v) is 5.10. The Balaban J connectivity index is 1.55. The molecule has 20 heavy (non-hydrogen) atoms. The molecule has 1 N–H and O–H groups in total. The zero-order chi connectivity index (χ0) is 13.9. The fourth-order valence-electron chi connectivity index (χ4n) is 2.42. The second-order valence-electron chi connectivity index (χ2n) is 6.04. The maximum absolute atomic E-state index is 12.1. The number of hydrogen-bond acceptors (Lipinski definition) is 3. The average Bonchev–Trinajstić information content (AvgIpc) is 3.28. The van der Waals surface area contributed by atoms with E-state index in [1.807, 2.05) is 25.1 Å². The molecular formula is C16H22N2OS. The number of rotatable bonds is 7. The highest BCUT2D eigenvalue weighted by atomic mass is 32.2. The zero-order valence-electron chi connectivity index (χ0n) is 12.0. The number of nitrogens with zero attached hydrogens (tertiary/aromatic N) is 1. The van der Waals surface area contributed by atoms with Gasteiger partial charge in [0.05, 0.1) is 17.5 Å². The molecule has 108 valence electrons. The van der Waals surface area contributed by atoms with Crippen molar-refractivity contribution in [1.29, 1.82) is 0 Å². The Labute approximate surface area is 124 Å². The van der Waals surface area contributed by atoms with E-state index in [1.54, 1.807) is 11.8 Å². The van der Waals surface area contributed by atoms with Crippen molar-refractivity contribution in [1.82, 2.24) is 10.3 Å². The Bertz CT molecular complexity index is 483. The largest absolute Gasteiger partial charge is 0.347 e. The van der Waals surface area contributed by atoms with E-state index in [0.717, 1.165) is 23.1 Å². The highest BCUT2D eigenvalue weighted by molar-refractivity contribution is 7.99. The van der Waals surface area contributed by atoms with E-state index in [2.05, 4.69) is 10.3 Å². The van der Waals surface area contributed by atoms with Crippen LogP contribution in [0.25, 0.3) is 0 Å². The highest BCUT2D eigenvalue weighted by Gasteiger charge is 2.34. The first-order valence-electron chi connectivity index (χ1n) is 7.53. The maximum atomic E-state index is 12.1. The number of aryl methyl sites for hydroxylation is 1. The van der Waals surface area contributed by atoms with Crippen molar-refractivity contribution in [3.63, 3.8) is 0 Å². The van der Waals surface area contributed by atoms with E-state index in [1.165, 1.54) is 25.7 Å². The summed E-state index contributed by atoms with van der Waals surface area (Å²) in [7, 11) is 0. The van der Waals surface area contributed by atoms with Gasteiger partial charge in [-0.05, 0) is 62.3 Å². The molecule has 0 saturated heterocycles. The molecule has 0 bridgehead atoms. The number of pyridine rings is 1. The first-order valence-corrected chi connectivity index (χ1v) is 8.68. The van der Waals surface area contributed by atoms with Crippen LogP contribution < -0.4 is 5.32 Å². The molecule has 1 aromatic rings. The van der Waals surface area contributed by atoms with Gasteiger partial charge < -0.3 is 5.32 Å². The van der Waals surface area contributed by atoms with Crippen LogP contribution in [0.5, 0.6) is 0 Å². The first kappa shape index (κ1) is 13.9. The Hall–Kier alpha value is -1.03. The monoisotopic (exact) mass is 290 g/mol. The molecule has 0 spiro atoms. The molecular weight excluding hydrogens is 268 g/mol. The van der Waals surface area contributed by atoms with E-state index >= 15 is 0 Å². The number of carbonyl (C=O) groups excluding carboxylic acids is 1. The smallest absolute Gasteiger partial charge is 0.230 e. The number of carbonyl (C=O) groups is 1. The van der Waals surface area contributed by atoms with Gasteiger partial charge in [-0.2, -0.15) is 11.8 Å². The Morgan fingerprint density at radius 3 is 2.85 bits per heavy atom. The number of amides is 1. The van der Waals surface area contributed by atoms with Crippen molar-refractivity contribution >= 4 is 17.7 Å². The van der Waals surface area contributed by atoms with E-state index in [9.17, 15) is 4.79 Å². The fourth-order valence-corrected chi connectivity index (χ4v) is 3.47. The van der Waals surface area contributed by atoms with Crippen LogP contribution in [0.4, 0.5) is 0 Å². The van der Waals surface area contributed by atoms with Gasteiger partial charge in [-0.15, -0.1) is 0 Å². The van der Waals surface area contributed by atoms with Crippen molar-refractivity contribution < 1.29 is 4.79 Å². The number of nitrogens with one attached hydrogen (secondary N) is 1. The summed E-state index contributed by atoms with van der Waals surface area (Å²) in [6.45, 7) is 2.00. The first-order chi connectivity index (χ1) is 9.72. The van der Waals surface area contributed by atoms with Gasteiger partial charge in [-0.3, -0.25) is 9.78 Å². The quantitative estimate of drug-likeness (QED) is 0.839. The minimum Gasteiger partial charge on any atom is -0.347 e. The molecule has 2 fully saturated rings. The average molecular weight is 290 g/mol. The SMILES string of the molecule is Cc1cccc([C@@H](NC(=O)CSCC2CC2)C2CC2)n1. The number of hydrogen-bond donors (Lipinski definition) is 1. The van der Waals surface area contributed by atoms with Gasteiger partial charge in [-0.1, -0.05) is 6.07 Å². The van der Waals surface area contributed by atoms with Crippen LogP contribution >= 0.6 is 11.8 Å². The van der Waals surface area contributed by atoms with Crippen molar-refractivity contribution in [2.45, 2.75) is 38.6 Å². The number of aromatic nitrogens is 1. The molecule has 0 aromatic carbocycles. The van der Waals surface area contributed by atoms with Crippen molar-refractivity contribution in [2.24, 2.45) is 11.8 Å². The van der Waals surface area contributed by atoms with Gasteiger partial charge in [0.25, 0.3) is 0 Å². The lowest BCUT2D eigenvalue weighted by atomic mass is 10.1. The van der Waals surface area contributed by atoms with Crippen molar-refractivity contribution in [3.8, 4) is 0 Å². The van der Waals surface area contributed by atoms with E-state index < -0.39 is 0 Å². The van der Waals surface area contributed by atoms with Crippen LogP contribution in [0.3, 0.4) is 0 Å². The third-order valence-electron chi connectivity index (χ3n) is 3.92. The van der Waals surface area contributed by atoms with E-state index in [-0.39, 0.29) is 11.9 Å². The molecule has 1 heterocycles. The lowest BCUT2D eigenvalue weighted by Crippen LogP contribution is -2.32. The minimum absolute atomic E-state index is 0.115. The van der Waals surface area contributed by atoms with Crippen LogP contribution in [0.1, 0.15) is 43.1 Å². The van der Waals surface area contributed by atoms with Crippen LogP contribution in [0.2, 0.25) is 0 Å². The molecule has 0 aliphatic heterocycles. The molecule has 2 aliphatic rings. The van der Waals surface area contributed by atoms with Gasteiger partial charge in [0.15, 0.2) is 0 Å². The molecule has 0 unspecified atom stereocenters. The van der Waals surface area contributed by atoms with Crippen molar-refractivity contribution in [3.05, 3.63) is 29.6 Å². The molecule has 0 radical (unpaired) electrons. The van der Waals surface area contributed by atoms with Crippen LogP contribution in [-0.4, -0.2) is 22.4 Å². The topological polar surface area (TPSA) is 42.0 Å². The summed E-state index contributed by atoms with van der Waals surface area (Å²) < 4.78 is 0. The normalized spacial score (nSPS) is 19.6. The summed E-state index contributed by atoms with van der Waals surface area (Å²) in [6.07, 6.45) is 5.12. The molecule has 3 nitrogen and oxygen atoms in total.